The van der Waals surface area contributed by atoms with Crippen LogP contribution in [0.5, 0.6) is 11.5 Å². The summed E-state index contributed by atoms with van der Waals surface area (Å²) in [6.07, 6.45) is 0. The van der Waals surface area contributed by atoms with Crippen LogP contribution in [0.4, 0.5) is 16.5 Å². The van der Waals surface area contributed by atoms with Crippen molar-refractivity contribution in [1.29, 1.82) is 0 Å². The molecule has 0 saturated carbocycles. The molecule has 0 aliphatic rings. The molecule has 1 unspecified atom stereocenters. The lowest BCUT2D eigenvalue weighted by molar-refractivity contribution is -0.115. The van der Waals surface area contributed by atoms with E-state index in [1.807, 2.05) is 82.4 Å². The molecule has 1 atom stereocenters. The molecule has 1 amide bonds. The van der Waals surface area contributed by atoms with Gasteiger partial charge < -0.3 is 15.4 Å². The van der Waals surface area contributed by atoms with Crippen LogP contribution in [0, 0.1) is 13.8 Å². The fourth-order valence-corrected chi connectivity index (χ4v) is 4.96. The summed E-state index contributed by atoms with van der Waals surface area (Å²) in [6, 6.07) is 17.2. The summed E-state index contributed by atoms with van der Waals surface area (Å²) < 4.78 is 8.28. The van der Waals surface area contributed by atoms with Gasteiger partial charge in [0.15, 0.2) is 4.34 Å². The van der Waals surface area contributed by atoms with E-state index in [1.54, 1.807) is 4.68 Å². The van der Waals surface area contributed by atoms with E-state index < -0.39 is 0 Å². The Kier molecular flexibility index (Phi) is 6.95. The van der Waals surface area contributed by atoms with Gasteiger partial charge in [0.2, 0.25) is 11.0 Å². The van der Waals surface area contributed by atoms with Crippen molar-refractivity contribution in [3.63, 3.8) is 0 Å². The number of anilines is 3. The number of carbonyl (C=O) groups is 1. The second-order valence-corrected chi connectivity index (χ2v) is 9.92. The third-order valence-corrected chi connectivity index (χ3v) is 6.92. The van der Waals surface area contributed by atoms with Gasteiger partial charge in [0.1, 0.15) is 11.5 Å². The third kappa shape index (κ3) is 5.71. The van der Waals surface area contributed by atoms with E-state index in [2.05, 4.69) is 25.9 Å². The molecule has 4 aromatic rings. The molecule has 0 aliphatic carbocycles. The predicted octanol–water partition coefficient (Wildman–Crippen LogP) is 5.54. The molecule has 4 rings (SSSR count). The molecule has 0 bridgehead atoms. The summed E-state index contributed by atoms with van der Waals surface area (Å²) in [6.45, 7) is 5.65. The Labute approximate surface area is 200 Å². The maximum Gasteiger partial charge on any atom is 0.237 e. The van der Waals surface area contributed by atoms with Gasteiger partial charge in [0.25, 0.3) is 0 Å². The predicted molar refractivity (Wildman–Crippen MR) is 133 cm³/mol. The topological polar surface area (TPSA) is 94.0 Å². The highest BCUT2D eigenvalue weighted by molar-refractivity contribution is 8.02. The van der Waals surface area contributed by atoms with Gasteiger partial charge in [0, 0.05) is 12.7 Å². The number of carbonyl (C=O) groups excluding carboxylic acids is 1. The van der Waals surface area contributed by atoms with E-state index in [4.69, 9.17) is 4.74 Å². The number of ether oxygens (including phenoxy) is 1. The molecule has 0 radical (unpaired) electrons. The number of para-hydroxylation sites is 1. The monoisotopic (exact) mass is 480 g/mol. The normalized spacial score (nSPS) is 11.8. The van der Waals surface area contributed by atoms with E-state index in [1.165, 1.54) is 23.1 Å². The van der Waals surface area contributed by atoms with Gasteiger partial charge in [-0.05, 0) is 57.2 Å². The fourth-order valence-electron chi connectivity index (χ4n) is 3.05. The molecule has 33 heavy (non-hydrogen) atoms. The van der Waals surface area contributed by atoms with Crippen LogP contribution in [0.1, 0.15) is 18.3 Å². The largest absolute Gasteiger partial charge is 0.457 e. The van der Waals surface area contributed by atoms with E-state index in [0.717, 1.165) is 34.3 Å². The molecule has 0 spiro atoms. The van der Waals surface area contributed by atoms with Crippen LogP contribution in [0.25, 0.3) is 0 Å². The van der Waals surface area contributed by atoms with Gasteiger partial charge in [-0.3, -0.25) is 9.48 Å². The first-order valence-electron chi connectivity index (χ1n) is 10.3. The van der Waals surface area contributed by atoms with Crippen molar-refractivity contribution in [1.82, 2.24) is 20.0 Å². The molecule has 10 heteroatoms. The van der Waals surface area contributed by atoms with Crippen LogP contribution in [-0.4, -0.2) is 31.1 Å². The van der Waals surface area contributed by atoms with E-state index in [-0.39, 0.29) is 11.2 Å². The minimum absolute atomic E-state index is 0.0992. The number of thioether (sulfide) groups is 1. The zero-order valence-electron chi connectivity index (χ0n) is 18.7. The Balaban J connectivity index is 1.32. The smallest absolute Gasteiger partial charge is 0.237 e. The number of aromatic nitrogens is 4. The van der Waals surface area contributed by atoms with Gasteiger partial charge in [-0.25, -0.2) is 0 Å². The quantitative estimate of drug-likeness (QED) is 0.320. The van der Waals surface area contributed by atoms with Gasteiger partial charge in [-0.15, -0.1) is 10.2 Å². The maximum atomic E-state index is 12.7. The summed E-state index contributed by atoms with van der Waals surface area (Å²) in [5.74, 6) is 1.44. The molecular weight excluding hydrogens is 456 g/mol. The Morgan fingerprint density at radius 3 is 2.42 bits per heavy atom. The van der Waals surface area contributed by atoms with Crippen molar-refractivity contribution < 1.29 is 9.53 Å². The van der Waals surface area contributed by atoms with Crippen molar-refractivity contribution in [2.45, 2.75) is 30.4 Å². The Hall–Kier alpha value is -3.37. The summed E-state index contributed by atoms with van der Waals surface area (Å²) >= 11 is 2.77. The maximum absolute atomic E-state index is 12.7. The Morgan fingerprint density at radius 2 is 1.76 bits per heavy atom. The van der Waals surface area contributed by atoms with Crippen molar-refractivity contribution in [2.75, 3.05) is 10.6 Å². The molecule has 0 saturated heterocycles. The minimum atomic E-state index is -0.334. The van der Waals surface area contributed by atoms with Crippen LogP contribution in [0.3, 0.4) is 0 Å². The average Bonchev–Trinajstić information content (AvgIpc) is 3.34. The number of nitrogens with one attached hydrogen (secondary N) is 2. The minimum Gasteiger partial charge on any atom is -0.457 e. The summed E-state index contributed by atoms with van der Waals surface area (Å²) in [4.78, 5) is 12.7. The summed E-state index contributed by atoms with van der Waals surface area (Å²) in [7, 11) is 1.86. The molecule has 0 aliphatic heterocycles. The van der Waals surface area contributed by atoms with Crippen LogP contribution in [0.15, 0.2) is 58.9 Å². The van der Waals surface area contributed by atoms with Crippen molar-refractivity contribution in [3.05, 3.63) is 66.0 Å². The van der Waals surface area contributed by atoms with Crippen molar-refractivity contribution in [3.8, 4) is 11.5 Å². The summed E-state index contributed by atoms with van der Waals surface area (Å²) in [5.41, 5.74) is 3.34. The number of aryl methyl sites for hydroxylation is 2. The molecule has 2 aromatic carbocycles. The number of nitrogens with zero attached hydrogens (tertiary/aromatic N) is 4. The number of hydrogen-bond donors (Lipinski definition) is 2. The van der Waals surface area contributed by atoms with Crippen molar-refractivity contribution in [2.24, 2.45) is 7.05 Å². The SMILES string of the molecule is Cc1nn(C)c(C)c1NC(=O)C(C)Sc1nnc(Nc2ccc(Oc3ccccc3)cc2)s1. The van der Waals surface area contributed by atoms with E-state index in [9.17, 15) is 4.79 Å². The lowest BCUT2D eigenvalue weighted by atomic mass is 10.3. The number of benzene rings is 2. The third-order valence-electron chi connectivity index (χ3n) is 4.89. The van der Waals surface area contributed by atoms with E-state index >= 15 is 0 Å². The second kappa shape index (κ2) is 10.1. The lowest BCUT2D eigenvalue weighted by Gasteiger charge is -2.10. The standard InChI is InChI=1S/C23H24N6O2S2/c1-14-20(15(2)29(4)28-14)25-21(30)16(3)32-23-27-26-22(33-23)24-17-10-12-19(13-11-17)31-18-8-6-5-7-9-18/h5-13,16H,1-4H3,(H,24,26)(H,25,30). The highest BCUT2D eigenvalue weighted by Gasteiger charge is 2.20. The molecule has 2 aromatic heterocycles. The fraction of sp³-hybridized carbons (Fsp3) is 0.217. The van der Waals surface area contributed by atoms with Crippen LogP contribution in [-0.2, 0) is 11.8 Å². The van der Waals surface area contributed by atoms with Gasteiger partial charge >= 0.3 is 0 Å². The number of rotatable bonds is 8. The Bertz CT molecular complexity index is 1240. The van der Waals surface area contributed by atoms with Gasteiger partial charge in [-0.2, -0.15) is 5.10 Å². The molecule has 0 fully saturated rings. The lowest BCUT2D eigenvalue weighted by Crippen LogP contribution is -2.23. The number of hydrogen-bond acceptors (Lipinski definition) is 8. The van der Waals surface area contributed by atoms with Crippen LogP contribution in [0.2, 0.25) is 0 Å². The zero-order chi connectivity index (χ0) is 23.4. The highest BCUT2D eigenvalue weighted by Crippen LogP contribution is 2.32. The second-order valence-electron chi connectivity index (χ2n) is 7.36. The van der Waals surface area contributed by atoms with E-state index in [0.29, 0.717) is 9.47 Å². The first-order valence-corrected chi connectivity index (χ1v) is 12.0. The number of amides is 1. The van der Waals surface area contributed by atoms with Crippen molar-refractivity contribution >= 4 is 45.5 Å². The molecule has 8 nitrogen and oxygen atoms in total. The zero-order valence-corrected chi connectivity index (χ0v) is 20.3. The van der Waals surface area contributed by atoms with Gasteiger partial charge in [0.05, 0.1) is 22.3 Å². The van der Waals surface area contributed by atoms with Gasteiger partial charge in [-0.1, -0.05) is 41.3 Å². The Morgan fingerprint density at radius 1 is 1.06 bits per heavy atom. The van der Waals surface area contributed by atoms with Crippen LogP contribution < -0.4 is 15.4 Å². The molecule has 2 N–H and O–H groups in total. The molecule has 2 heterocycles. The first-order chi connectivity index (χ1) is 15.9. The van der Waals surface area contributed by atoms with Crippen LogP contribution >= 0.6 is 23.1 Å². The highest BCUT2D eigenvalue weighted by atomic mass is 32.2. The summed E-state index contributed by atoms with van der Waals surface area (Å²) in [5, 5.41) is 19.3. The molecule has 170 valence electrons. The first kappa shape index (κ1) is 22.8. The molecular formula is C23H24N6O2S2. The average molecular weight is 481 g/mol.